The molecule has 2 aromatic rings. The van der Waals surface area contributed by atoms with Gasteiger partial charge in [-0.2, -0.15) is 0 Å². The number of hydrogen-bond donors (Lipinski definition) is 2. The van der Waals surface area contributed by atoms with Crippen molar-refractivity contribution in [3.63, 3.8) is 0 Å². The van der Waals surface area contributed by atoms with Gasteiger partial charge in [0, 0.05) is 15.8 Å². The normalized spacial score (nSPS) is 17.3. The van der Waals surface area contributed by atoms with E-state index in [2.05, 4.69) is 26.2 Å². The molecule has 1 fully saturated rings. The molecule has 0 bridgehead atoms. The zero-order valence-electron chi connectivity index (χ0n) is 11.6. The van der Waals surface area contributed by atoms with Crippen LogP contribution < -0.4 is 11.1 Å². The summed E-state index contributed by atoms with van der Waals surface area (Å²) in [4.78, 5) is 16.9. The van der Waals surface area contributed by atoms with Gasteiger partial charge in [0.15, 0.2) is 5.13 Å². The van der Waals surface area contributed by atoms with Crippen LogP contribution in [-0.2, 0) is 10.3 Å². The summed E-state index contributed by atoms with van der Waals surface area (Å²) < 4.78 is 0.955. The summed E-state index contributed by atoms with van der Waals surface area (Å²) in [6.07, 6.45) is 2.40. The van der Waals surface area contributed by atoms with Crippen LogP contribution >= 0.6 is 27.3 Å². The van der Waals surface area contributed by atoms with Gasteiger partial charge in [-0.15, -0.1) is 11.3 Å². The predicted molar refractivity (Wildman–Crippen MR) is 88.4 cm³/mol. The molecule has 1 heterocycles. The van der Waals surface area contributed by atoms with Gasteiger partial charge in [0.05, 0.1) is 5.69 Å². The molecular formula is C15H16BrN3OS. The third-order valence-corrected chi connectivity index (χ3v) is 4.96. The van der Waals surface area contributed by atoms with Gasteiger partial charge in [-0.05, 0) is 37.5 Å². The fourth-order valence-electron chi connectivity index (χ4n) is 2.06. The molecule has 3 N–H and O–H groups in total. The average Bonchev–Trinajstić information content (AvgIpc) is 3.20. The van der Waals surface area contributed by atoms with Crippen LogP contribution in [0.3, 0.4) is 0 Å². The second kappa shape index (κ2) is 5.51. The number of thiazole rings is 1. The molecule has 1 aromatic heterocycles. The van der Waals surface area contributed by atoms with Crippen LogP contribution in [0.2, 0.25) is 0 Å². The Bertz CT molecular complexity index is 662. The summed E-state index contributed by atoms with van der Waals surface area (Å²) in [5, 5.41) is 5.47. The van der Waals surface area contributed by atoms with E-state index in [0.29, 0.717) is 11.0 Å². The van der Waals surface area contributed by atoms with E-state index in [1.807, 2.05) is 29.6 Å². The van der Waals surface area contributed by atoms with Crippen molar-refractivity contribution in [3.05, 3.63) is 45.4 Å². The molecule has 6 heteroatoms. The molecule has 0 saturated heterocycles. The van der Waals surface area contributed by atoms with Crippen LogP contribution in [0.25, 0.3) is 0 Å². The lowest BCUT2D eigenvalue weighted by molar-refractivity contribution is -0.120. The number of aromatic nitrogens is 1. The Kier molecular flexibility index (Phi) is 3.86. The Morgan fingerprint density at radius 3 is 2.71 bits per heavy atom. The number of carbonyl (C=O) groups excluding carboxylic acids is 1. The van der Waals surface area contributed by atoms with Crippen LogP contribution in [0, 0.1) is 0 Å². The summed E-state index contributed by atoms with van der Waals surface area (Å²) >= 11 is 4.83. The van der Waals surface area contributed by atoms with Gasteiger partial charge in [0.1, 0.15) is 5.54 Å². The topological polar surface area (TPSA) is 68.0 Å². The maximum Gasteiger partial charge on any atom is 0.250 e. The number of rotatable bonds is 4. The highest BCUT2D eigenvalue weighted by atomic mass is 79.9. The molecule has 4 nitrogen and oxygen atoms in total. The third kappa shape index (κ3) is 3.17. The highest BCUT2D eigenvalue weighted by Crippen LogP contribution is 2.41. The number of nitrogens with two attached hydrogens (primary N) is 1. The summed E-state index contributed by atoms with van der Waals surface area (Å²) in [6, 6.07) is 7.45. The largest absolute Gasteiger partial charge is 0.314 e. The fraction of sp³-hybridized carbons (Fsp3) is 0.333. The second-order valence-corrected chi connectivity index (χ2v) is 7.29. The molecule has 1 aliphatic rings. The predicted octanol–water partition coefficient (Wildman–Crippen LogP) is 3.60. The van der Waals surface area contributed by atoms with Crippen molar-refractivity contribution in [2.75, 3.05) is 5.32 Å². The molecule has 1 saturated carbocycles. The zero-order chi connectivity index (χ0) is 15.0. The van der Waals surface area contributed by atoms with E-state index in [9.17, 15) is 4.79 Å². The minimum absolute atomic E-state index is 0.249. The number of nitrogens with zero attached hydrogens (tertiary/aromatic N) is 1. The maximum absolute atomic E-state index is 12.4. The Balaban J connectivity index is 1.74. The Hall–Kier alpha value is -1.24. The van der Waals surface area contributed by atoms with Crippen molar-refractivity contribution < 1.29 is 4.79 Å². The van der Waals surface area contributed by atoms with Crippen molar-refractivity contribution in [1.29, 1.82) is 0 Å². The first kappa shape index (κ1) is 14.7. The summed E-state index contributed by atoms with van der Waals surface area (Å²) in [6.45, 7) is 1.71. The quantitative estimate of drug-likeness (QED) is 0.869. The molecule has 1 aliphatic carbocycles. The Labute approximate surface area is 135 Å². The summed E-state index contributed by atoms with van der Waals surface area (Å²) in [5.41, 5.74) is 6.96. The van der Waals surface area contributed by atoms with Crippen molar-refractivity contribution in [2.24, 2.45) is 5.73 Å². The summed E-state index contributed by atoms with van der Waals surface area (Å²) in [5.74, 6) is 0.337. The van der Waals surface area contributed by atoms with Crippen LogP contribution in [0.5, 0.6) is 0 Å². The second-order valence-electron chi connectivity index (χ2n) is 5.52. The van der Waals surface area contributed by atoms with E-state index in [1.165, 1.54) is 24.2 Å². The highest BCUT2D eigenvalue weighted by Gasteiger charge is 2.32. The van der Waals surface area contributed by atoms with E-state index in [4.69, 9.17) is 5.73 Å². The zero-order valence-corrected chi connectivity index (χ0v) is 14.0. The van der Waals surface area contributed by atoms with Crippen LogP contribution in [0.15, 0.2) is 34.1 Å². The molecule has 0 spiro atoms. The van der Waals surface area contributed by atoms with Gasteiger partial charge in [0.2, 0.25) is 0 Å². The third-order valence-electron chi connectivity index (χ3n) is 3.65. The number of benzene rings is 1. The minimum atomic E-state index is -1.09. The molecule has 0 aliphatic heterocycles. The van der Waals surface area contributed by atoms with Gasteiger partial charge in [0.25, 0.3) is 5.91 Å². The number of hydrogen-bond acceptors (Lipinski definition) is 4. The molecule has 21 heavy (non-hydrogen) atoms. The molecule has 3 rings (SSSR count). The van der Waals surface area contributed by atoms with Gasteiger partial charge in [-0.3, -0.25) is 4.79 Å². The summed E-state index contributed by atoms with van der Waals surface area (Å²) in [7, 11) is 0. The highest BCUT2D eigenvalue weighted by molar-refractivity contribution is 9.10. The van der Waals surface area contributed by atoms with Crippen molar-refractivity contribution >= 4 is 38.3 Å². The van der Waals surface area contributed by atoms with E-state index in [0.717, 1.165) is 15.7 Å². The molecule has 1 atom stereocenters. The molecule has 1 aromatic carbocycles. The van der Waals surface area contributed by atoms with Crippen LogP contribution in [0.1, 0.15) is 36.9 Å². The van der Waals surface area contributed by atoms with Crippen molar-refractivity contribution in [3.8, 4) is 0 Å². The number of anilines is 1. The molecule has 0 radical (unpaired) electrons. The van der Waals surface area contributed by atoms with Crippen LogP contribution in [-0.4, -0.2) is 10.9 Å². The lowest BCUT2D eigenvalue weighted by Crippen LogP contribution is -2.45. The number of halogens is 1. The average molecular weight is 366 g/mol. The van der Waals surface area contributed by atoms with Crippen LogP contribution in [0.4, 0.5) is 5.13 Å². The minimum Gasteiger partial charge on any atom is -0.314 e. The van der Waals surface area contributed by atoms with Gasteiger partial charge in [-0.25, -0.2) is 4.98 Å². The fourth-order valence-corrected chi connectivity index (χ4v) is 3.12. The van der Waals surface area contributed by atoms with Crippen molar-refractivity contribution in [1.82, 2.24) is 4.98 Å². The lowest BCUT2D eigenvalue weighted by atomic mass is 9.92. The smallest absolute Gasteiger partial charge is 0.250 e. The van der Waals surface area contributed by atoms with Gasteiger partial charge >= 0.3 is 0 Å². The molecular weight excluding hydrogens is 350 g/mol. The number of carbonyl (C=O) groups is 1. The van der Waals surface area contributed by atoms with E-state index in [-0.39, 0.29) is 5.91 Å². The molecule has 1 unspecified atom stereocenters. The van der Waals surface area contributed by atoms with Crippen molar-refractivity contribution in [2.45, 2.75) is 31.2 Å². The monoisotopic (exact) mass is 365 g/mol. The number of amides is 1. The number of nitrogens with one attached hydrogen (secondary N) is 1. The van der Waals surface area contributed by atoms with Gasteiger partial charge < -0.3 is 11.1 Å². The Morgan fingerprint density at radius 2 is 2.10 bits per heavy atom. The maximum atomic E-state index is 12.4. The van der Waals surface area contributed by atoms with E-state index < -0.39 is 5.54 Å². The Morgan fingerprint density at radius 1 is 1.43 bits per heavy atom. The van der Waals surface area contributed by atoms with E-state index >= 15 is 0 Å². The standard InChI is InChI=1S/C15H16BrN3OS/c1-15(17,10-4-6-11(16)7-5-10)13(20)19-14-18-12(8-21-14)9-2-3-9/h4-9H,2-3,17H2,1H3,(H,18,19,20). The molecule has 110 valence electrons. The lowest BCUT2D eigenvalue weighted by Gasteiger charge is -2.23. The van der Waals surface area contributed by atoms with E-state index in [1.54, 1.807) is 6.92 Å². The molecule has 1 amide bonds. The first-order chi connectivity index (χ1) is 9.96. The first-order valence-corrected chi connectivity index (χ1v) is 8.46. The SMILES string of the molecule is CC(N)(C(=O)Nc1nc(C2CC2)cs1)c1ccc(Br)cc1. The first-order valence-electron chi connectivity index (χ1n) is 6.78. The van der Waals surface area contributed by atoms with Gasteiger partial charge in [-0.1, -0.05) is 28.1 Å².